The molecule has 0 N–H and O–H groups in total. The van der Waals surface area contributed by atoms with Gasteiger partial charge in [0.05, 0.1) is 19.7 Å². The van der Waals surface area contributed by atoms with Gasteiger partial charge in [0.15, 0.2) is 5.65 Å². The summed E-state index contributed by atoms with van der Waals surface area (Å²) in [7, 11) is 0. The molecule has 1 unspecified atom stereocenters. The number of esters is 1. The zero-order valence-electron chi connectivity index (χ0n) is 17.6. The lowest BCUT2D eigenvalue weighted by Crippen LogP contribution is -2.39. The highest BCUT2D eigenvalue weighted by molar-refractivity contribution is 5.70. The van der Waals surface area contributed by atoms with Crippen molar-refractivity contribution >= 4 is 11.6 Å². The number of hydrogen-bond donors (Lipinski definition) is 0. The van der Waals surface area contributed by atoms with Crippen molar-refractivity contribution in [1.82, 2.24) is 19.1 Å². The van der Waals surface area contributed by atoms with Gasteiger partial charge >= 0.3 is 11.7 Å². The molecule has 0 radical (unpaired) electrons. The van der Waals surface area contributed by atoms with Crippen LogP contribution in [0.15, 0.2) is 53.5 Å². The molecule has 1 aromatic carbocycles. The van der Waals surface area contributed by atoms with Crippen molar-refractivity contribution < 1.29 is 13.9 Å². The lowest BCUT2D eigenvalue weighted by molar-refractivity contribution is -0.144. The third-order valence-corrected chi connectivity index (χ3v) is 6.01. The molecule has 0 bridgehead atoms. The number of ether oxygens (including phenoxy) is 1. The molecule has 1 aliphatic rings. The zero-order chi connectivity index (χ0) is 21.8. The van der Waals surface area contributed by atoms with E-state index in [1.165, 1.54) is 21.2 Å². The summed E-state index contributed by atoms with van der Waals surface area (Å²) in [6.45, 7) is 4.18. The van der Waals surface area contributed by atoms with Gasteiger partial charge < -0.3 is 4.74 Å². The highest BCUT2D eigenvalue weighted by atomic mass is 19.1. The summed E-state index contributed by atoms with van der Waals surface area (Å²) in [5.41, 5.74) is 1.45. The van der Waals surface area contributed by atoms with E-state index in [1.807, 2.05) is 18.2 Å². The normalized spacial score (nSPS) is 16.5. The molecule has 31 heavy (non-hydrogen) atoms. The second-order valence-electron chi connectivity index (χ2n) is 7.98. The van der Waals surface area contributed by atoms with Crippen molar-refractivity contribution in [2.75, 3.05) is 19.7 Å². The van der Waals surface area contributed by atoms with E-state index in [0.29, 0.717) is 18.9 Å². The van der Waals surface area contributed by atoms with Crippen LogP contribution in [0.2, 0.25) is 0 Å². The lowest BCUT2D eigenvalue weighted by Gasteiger charge is -2.35. The zero-order valence-corrected chi connectivity index (χ0v) is 17.6. The maximum Gasteiger partial charge on any atom is 0.351 e. The molecule has 7 nitrogen and oxygen atoms in total. The first-order chi connectivity index (χ1) is 15.0. The maximum absolute atomic E-state index is 13.4. The minimum atomic E-state index is -0.286. The van der Waals surface area contributed by atoms with Crippen LogP contribution in [0.4, 0.5) is 4.39 Å². The second-order valence-corrected chi connectivity index (χ2v) is 7.98. The number of hydrogen-bond acceptors (Lipinski definition) is 5. The first-order valence-electron chi connectivity index (χ1n) is 10.7. The summed E-state index contributed by atoms with van der Waals surface area (Å²) in [5.74, 6) is -0.245. The topological polar surface area (TPSA) is 68.8 Å². The van der Waals surface area contributed by atoms with Gasteiger partial charge in [-0.1, -0.05) is 18.2 Å². The van der Waals surface area contributed by atoms with Crippen molar-refractivity contribution in [2.45, 2.75) is 38.8 Å². The Labute approximate surface area is 180 Å². The minimum absolute atomic E-state index is 0.0142. The molecule has 0 spiro atoms. The average molecular weight is 426 g/mol. The fraction of sp³-hybridized carbons (Fsp3) is 0.435. The van der Waals surface area contributed by atoms with Crippen molar-refractivity contribution in [3.8, 4) is 0 Å². The van der Waals surface area contributed by atoms with E-state index < -0.39 is 0 Å². The van der Waals surface area contributed by atoms with Crippen molar-refractivity contribution in [3.05, 3.63) is 70.5 Å². The average Bonchev–Trinajstić information content (AvgIpc) is 3.09. The molecule has 8 heteroatoms. The smallest absolute Gasteiger partial charge is 0.351 e. The Morgan fingerprint density at radius 1 is 1.19 bits per heavy atom. The van der Waals surface area contributed by atoms with Crippen LogP contribution in [0.25, 0.3) is 5.65 Å². The van der Waals surface area contributed by atoms with Crippen LogP contribution < -0.4 is 5.69 Å². The van der Waals surface area contributed by atoms with E-state index in [0.717, 1.165) is 31.5 Å². The largest absolute Gasteiger partial charge is 0.466 e. The SMILES string of the molecule is CCOC(=O)CC(c1ccc(F)cc1)C1CCN(Cn2nc3ccccn3c2=O)CC1. The van der Waals surface area contributed by atoms with Crippen LogP contribution in [-0.4, -0.2) is 44.7 Å². The van der Waals surface area contributed by atoms with Crippen molar-refractivity contribution in [3.63, 3.8) is 0 Å². The molecule has 1 aliphatic heterocycles. The molecular formula is C23H27FN4O3. The van der Waals surface area contributed by atoms with Gasteiger partial charge in [-0.3, -0.25) is 14.1 Å². The van der Waals surface area contributed by atoms with Gasteiger partial charge in [-0.15, -0.1) is 5.10 Å². The van der Waals surface area contributed by atoms with Gasteiger partial charge in [0, 0.05) is 19.3 Å². The number of rotatable bonds is 7. The van der Waals surface area contributed by atoms with E-state index in [9.17, 15) is 14.0 Å². The number of benzene rings is 1. The van der Waals surface area contributed by atoms with Crippen LogP contribution in [0.3, 0.4) is 0 Å². The molecule has 3 aromatic rings. The molecule has 0 amide bonds. The van der Waals surface area contributed by atoms with Gasteiger partial charge in [0.1, 0.15) is 5.82 Å². The first-order valence-corrected chi connectivity index (χ1v) is 10.7. The molecule has 1 atom stereocenters. The number of fused-ring (bicyclic) bond motifs is 1. The fourth-order valence-corrected chi connectivity index (χ4v) is 4.41. The van der Waals surface area contributed by atoms with Crippen molar-refractivity contribution in [1.29, 1.82) is 0 Å². The van der Waals surface area contributed by atoms with Gasteiger partial charge in [-0.05, 0) is 61.4 Å². The number of piperidine rings is 1. The summed E-state index contributed by atoms with van der Waals surface area (Å²) in [6, 6.07) is 11.9. The van der Waals surface area contributed by atoms with Crippen molar-refractivity contribution in [2.24, 2.45) is 5.92 Å². The summed E-state index contributed by atoms with van der Waals surface area (Å²) >= 11 is 0. The van der Waals surface area contributed by atoms with Crippen LogP contribution in [0.1, 0.15) is 37.7 Å². The molecule has 0 aliphatic carbocycles. The Bertz CT molecular complexity index is 1080. The fourth-order valence-electron chi connectivity index (χ4n) is 4.41. The molecule has 3 heterocycles. The van der Waals surface area contributed by atoms with E-state index in [1.54, 1.807) is 25.3 Å². The molecule has 0 saturated carbocycles. The monoisotopic (exact) mass is 426 g/mol. The Balaban J connectivity index is 1.44. The van der Waals surface area contributed by atoms with Crippen LogP contribution in [-0.2, 0) is 16.2 Å². The molecule has 1 fully saturated rings. The number of nitrogens with zero attached hydrogens (tertiary/aromatic N) is 4. The standard InChI is InChI=1S/C23H27FN4O3/c1-2-31-22(29)15-20(17-6-8-19(24)9-7-17)18-10-13-26(14-11-18)16-28-23(30)27-12-4-3-5-21(27)25-28/h3-9,12,18,20H,2,10-11,13-16H2,1H3. The Kier molecular flexibility index (Phi) is 6.46. The Morgan fingerprint density at radius 3 is 2.61 bits per heavy atom. The molecule has 1 saturated heterocycles. The highest BCUT2D eigenvalue weighted by Crippen LogP contribution is 2.35. The summed E-state index contributed by atoms with van der Waals surface area (Å²) in [4.78, 5) is 26.9. The summed E-state index contributed by atoms with van der Waals surface area (Å²) in [6.07, 6.45) is 3.76. The summed E-state index contributed by atoms with van der Waals surface area (Å²) in [5, 5.41) is 4.40. The van der Waals surface area contributed by atoms with Crippen LogP contribution >= 0.6 is 0 Å². The number of halogens is 1. The third-order valence-electron chi connectivity index (χ3n) is 6.01. The predicted molar refractivity (Wildman–Crippen MR) is 114 cm³/mol. The quantitative estimate of drug-likeness (QED) is 0.543. The van der Waals surface area contributed by atoms with E-state index in [-0.39, 0.29) is 35.7 Å². The number of aromatic nitrogens is 3. The van der Waals surface area contributed by atoms with E-state index >= 15 is 0 Å². The minimum Gasteiger partial charge on any atom is -0.466 e. The molecule has 164 valence electrons. The van der Waals surface area contributed by atoms with Gasteiger partial charge in [-0.25, -0.2) is 9.18 Å². The second kappa shape index (κ2) is 9.43. The third kappa shape index (κ3) is 4.85. The van der Waals surface area contributed by atoms with Gasteiger partial charge in [0.2, 0.25) is 0 Å². The number of carbonyl (C=O) groups excluding carboxylic acids is 1. The summed E-state index contributed by atoms with van der Waals surface area (Å²) < 4.78 is 21.6. The highest BCUT2D eigenvalue weighted by Gasteiger charge is 2.30. The van der Waals surface area contributed by atoms with Crippen LogP contribution in [0.5, 0.6) is 0 Å². The van der Waals surface area contributed by atoms with E-state index in [4.69, 9.17) is 4.74 Å². The van der Waals surface area contributed by atoms with Crippen LogP contribution in [0, 0.1) is 11.7 Å². The number of likely N-dealkylation sites (tertiary alicyclic amines) is 1. The maximum atomic E-state index is 13.4. The Morgan fingerprint density at radius 2 is 1.94 bits per heavy atom. The number of carbonyl (C=O) groups is 1. The lowest BCUT2D eigenvalue weighted by atomic mass is 9.78. The predicted octanol–water partition coefficient (Wildman–Crippen LogP) is 3.04. The number of pyridine rings is 1. The first kappa shape index (κ1) is 21.2. The molecule has 2 aromatic heterocycles. The Hall–Kier alpha value is -3.00. The molecular weight excluding hydrogens is 399 g/mol. The van der Waals surface area contributed by atoms with Gasteiger partial charge in [0.25, 0.3) is 0 Å². The van der Waals surface area contributed by atoms with E-state index in [2.05, 4.69) is 10.00 Å². The van der Waals surface area contributed by atoms with Gasteiger partial charge in [-0.2, -0.15) is 4.68 Å². The molecule has 4 rings (SSSR count).